The number of hydrogen-bond acceptors (Lipinski definition) is 3. The van der Waals surface area contributed by atoms with Crippen LogP contribution in [0.3, 0.4) is 0 Å². The van der Waals surface area contributed by atoms with E-state index in [1.165, 1.54) is 12.3 Å². The zero-order valence-corrected chi connectivity index (χ0v) is 11.0. The average Bonchev–Trinajstić information content (AvgIpc) is 2.34. The molecule has 2 aromatic rings. The summed E-state index contributed by atoms with van der Waals surface area (Å²) in [7, 11) is 1.70. The summed E-state index contributed by atoms with van der Waals surface area (Å²) in [6, 6.07) is 3.57. The summed E-state index contributed by atoms with van der Waals surface area (Å²) in [6.07, 6.45) is 1.45. The lowest BCUT2D eigenvalue weighted by Gasteiger charge is -2.11. The summed E-state index contributed by atoms with van der Waals surface area (Å²) < 4.78 is 0. The lowest BCUT2D eigenvalue weighted by atomic mass is 10.1. The second-order valence-corrected chi connectivity index (χ2v) is 4.48. The van der Waals surface area contributed by atoms with Gasteiger partial charge in [0.25, 0.3) is 0 Å². The molecule has 0 aliphatic carbocycles. The van der Waals surface area contributed by atoms with Crippen LogP contribution in [0, 0.1) is 11.3 Å². The Labute approximate surface area is 113 Å². The minimum absolute atomic E-state index is 0.331. The number of aromatic nitrogens is 1. The summed E-state index contributed by atoms with van der Waals surface area (Å²) in [5.41, 5.74) is 1.48. The number of nitrogens with one attached hydrogen (secondary N) is 1. The van der Waals surface area contributed by atoms with Crippen molar-refractivity contribution in [1.29, 1.82) is 5.26 Å². The quantitative estimate of drug-likeness (QED) is 0.803. The molecule has 0 saturated carbocycles. The van der Waals surface area contributed by atoms with E-state index in [9.17, 15) is 0 Å². The fraction of sp³-hybridized carbons (Fsp3) is 0.0909. The van der Waals surface area contributed by atoms with Crippen molar-refractivity contribution in [2.75, 3.05) is 12.4 Å². The molecule has 6 heteroatoms. The molecule has 86 valence electrons. The molecule has 1 aromatic carbocycles. The third kappa shape index (κ3) is 1.89. The van der Waals surface area contributed by atoms with E-state index >= 15 is 0 Å². The zero-order chi connectivity index (χ0) is 12.6. The van der Waals surface area contributed by atoms with Crippen molar-refractivity contribution in [2.24, 2.45) is 0 Å². The highest BCUT2D eigenvalue weighted by molar-refractivity contribution is 6.48. The molecule has 1 heterocycles. The number of benzene rings is 1. The van der Waals surface area contributed by atoms with Gasteiger partial charge < -0.3 is 5.32 Å². The predicted octanol–water partition coefficient (Wildman–Crippen LogP) is 4.11. The maximum atomic E-state index is 9.00. The minimum Gasteiger partial charge on any atom is -0.386 e. The van der Waals surface area contributed by atoms with Crippen LogP contribution in [0.5, 0.6) is 0 Å². The summed E-state index contributed by atoms with van der Waals surface area (Å²) in [4.78, 5) is 4.12. The standard InChI is InChI=1S/C11H6Cl3N3/c1-16-10-5(3-15)4-17-11-7(13)2-6(12)9(14)8(10)11/h2,4H,1H3,(H,16,17). The molecule has 1 N–H and O–H groups in total. The fourth-order valence-corrected chi connectivity index (χ4v) is 2.36. The highest BCUT2D eigenvalue weighted by atomic mass is 35.5. The van der Waals surface area contributed by atoms with Crippen molar-refractivity contribution < 1.29 is 0 Å². The zero-order valence-electron chi connectivity index (χ0n) is 8.68. The molecule has 0 unspecified atom stereocenters. The Kier molecular flexibility index (Phi) is 3.30. The van der Waals surface area contributed by atoms with E-state index in [1.807, 2.05) is 6.07 Å². The molecule has 3 nitrogen and oxygen atoms in total. The van der Waals surface area contributed by atoms with Gasteiger partial charge in [-0.25, -0.2) is 0 Å². The van der Waals surface area contributed by atoms with Gasteiger partial charge in [0.2, 0.25) is 0 Å². The smallest absolute Gasteiger partial charge is 0.103 e. The third-order valence-electron chi connectivity index (χ3n) is 2.36. The van der Waals surface area contributed by atoms with Gasteiger partial charge in [-0.2, -0.15) is 5.26 Å². The Morgan fingerprint density at radius 3 is 2.59 bits per heavy atom. The van der Waals surface area contributed by atoms with Crippen LogP contribution in [0.1, 0.15) is 5.56 Å². The molecule has 0 radical (unpaired) electrons. The molecule has 0 aliphatic heterocycles. The molecular formula is C11H6Cl3N3. The molecule has 0 atom stereocenters. The Morgan fingerprint density at radius 2 is 2.00 bits per heavy atom. The van der Waals surface area contributed by atoms with Gasteiger partial charge in [-0.3, -0.25) is 4.98 Å². The molecule has 0 amide bonds. The number of hydrogen-bond donors (Lipinski definition) is 1. The first-order valence-electron chi connectivity index (χ1n) is 4.64. The van der Waals surface area contributed by atoms with Crippen LogP contribution >= 0.6 is 34.8 Å². The Balaban J connectivity index is 3.03. The van der Waals surface area contributed by atoms with E-state index in [2.05, 4.69) is 10.3 Å². The monoisotopic (exact) mass is 285 g/mol. The maximum Gasteiger partial charge on any atom is 0.103 e. The molecular weight excluding hydrogens is 281 g/mol. The first kappa shape index (κ1) is 12.3. The lowest BCUT2D eigenvalue weighted by molar-refractivity contribution is 1.35. The van der Waals surface area contributed by atoms with E-state index in [1.54, 1.807) is 7.05 Å². The number of halogens is 3. The highest BCUT2D eigenvalue weighted by Crippen LogP contribution is 2.39. The van der Waals surface area contributed by atoms with E-state index in [0.717, 1.165) is 0 Å². The van der Waals surface area contributed by atoms with Crippen molar-refractivity contribution >= 4 is 51.4 Å². The molecule has 0 spiro atoms. The van der Waals surface area contributed by atoms with Crippen LogP contribution < -0.4 is 5.32 Å². The first-order valence-corrected chi connectivity index (χ1v) is 5.77. The number of pyridine rings is 1. The largest absolute Gasteiger partial charge is 0.386 e. The fourth-order valence-electron chi connectivity index (χ4n) is 1.61. The van der Waals surface area contributed by atoms with E-state index in [4.69, 9.17) is 40.1 Å². The van der Waals surface area contributed by atoms with Crippen molar-refractivity contribution in [3.8, 4) is 6.07 Å². The topological polar surface area (TPSA) is 48.7 Å². The maximum absolute atomic E-state index is 9.00. The number of anilines is 1. The second-order valence-electron chi connectivity index (χ2n) is 3.29. The Hall–Kier alpha value is -1.21. The number of fused-ring (bicyclic) bond motifs is 1. The van der Waals surface area contributed by atoms with Crippen LogP contribution in [0.4, 0.5) is 5.69 Å². The van der Waals surface area contributed by atoms with E-state index in [0.29, 0.717) is 37.2 Å². The van der Waals surface area contributed by atoms with Crippen molar-refractivity contribution in [3.63, 3.8) is 0 Å². The van der Waals surface area contributed by atoms with E-state index in [-0.39, 0.29) is 0 Å². The van der Waals surface area contributed by atoms with Gasteiger partial charge in [-0.1, -0.05) is 34.8 Å². The van der Waals surface area contributed by atoms with Gasteiger partial charge in [-0.05, 0) is 6.07 Å². The number of nitriles is 1. The van der Waals surface area contributed by atoms with Gasteiger partial charge >= 0.3 is 0 Å². The van der Waals surface area contributed by atoms with Crippen LogP contribution in [-0.2, 0) is 0 Å². The van der Waals surface area contributed by atoms with Gasteiger partial charge in [0, 0.05) is 18.6 Å². The van der Waals surface area contributed by atoms with Crippen LogP contribution in [-0.4, -0.2) is 12.0 Å². The Morgan fingerprint density at radius 1 is 1.29 bits per heavy atom. The lowest BCUT2D eigenvalue weighted by Crippen LogP contribution is -1.97. The molecule has 0 aliphatic rings. The van der Waals surface area contributed by atoms with Crippen LogP contribution in [0.2, 0.25) is 15.1 Å². The summed E-state index contributed by atoms with van der Waals surface area (Å²) >= 11 is 18.1. The number of nitrogens with zero attached hydrogens (tertiary/aromatic N) is 2. The SMILES string of the molecule is CNc1c(C#N)cnc2c(Cl)cc(Cl)c(Cl)c12. The predicted molar refractivity (Wildman–Crippen MR) is 71.0 cm³/mol. The van der Waals surface area contributed by atoms with Gasteiger partial charge in [0.15, 0.2) is 0 Å². The minimum atomic E-state index is 0.331. The molecule has 2 rings (SSSR count). The third-order valence-corrected chi connectivity index (χ3v) is 3.43. The second kappa shape index (κ2) is 4.58. The van der Waals surface area contributed by atoms with E-state index < -0.39 is 0 Å². The van der Waals surface area contributed by atoms with Gasteiger partial charge in [-0.15, -0.1) is 0 Å². The van der Waals surface area contributed by atoms with Gasteiger partial charge in [0.05, 0.1) is 31.8 Å². The normalized spacial score (nSPS) is 10.3. The van der Waals surface area contributed by atoms with Crippen molar-refractivity contribution in [2.45, 2.75) is 0 Å². The molecule has 1 aromatic heterocycles. The average molecular weight is 287 g/mol. The molecule has 0 saturated heterocycles. The molecule has 0 bridgehead atoms. The molecule has 0 fully saturated rings. The number of rotatable bonds is 1. The summed E-state index contributed by atoms with van der Waals surface area (Å²) in [5, 5.41) is 13.5. The van der Waals surface area contributed by atoms with Gasteiger partial charge in [0.1, 0.15) is 6.07 Å². The van der Waals surface area contributed by atoms with Crippen LogP contribution in [0.25, 0.3) is 10.9 Å². The summed E-state index contributed by atoms with van der Waals surface area (Å²) in [6.45, 7) is 0. The highest BCUT2D eigenvalue weighted by Gasteiger charge is 2.15. The molecule has 17 heavy (non-hydrogen) atoms. The summed E-state index contributed by atoms with van der Waals surface area (Å²) in [5.74, 6) is 0. The Bertz CT molecular complexity index is 647. The van der Waals surface area contributed by atoms with Crippen LogP contribution in [0.15, 0.2) is 12.3 Å². The van der Waals surface area contributed by atoms with Crippen molar-refractivity contribution in [1.82, 2.24) is 4.98 Å². The first-order chi connectivity index (χ1) is 8.10. The van der Waals surface area contributed by atoms with Crippen molar-refractivity contribution in [3.05, 3.63) is 32.9 Å².